The van der Waals surface area contributed by atoms with E-state index >= 15 is 0 Å². The monoisotopic (exact) mass is 254 g/mol. The van der Waals surface area contributed by atoms with Gasteiger partial charge in [0, 0.05) is 19.2 Å². The molecule has 1 aliphatic rings. The number of hydrogen-bond acceptors (Lipinski definition) is 3. The number of carboxylic acids is 1. The fourth-order valence-corrected chi connectivity index (χ4v) is 1.85. The van der Waals surface area contributed by atoms with E-state index in [1.165, 1.54) is 24.1 Å². The molecule has 0 aliphatic heterocycles. The van der Waals surface area contributed by atoms with Gasteiger partial charge in [0.05, 0.1) is 10.6 Å². The number of pyridine rings is 1. The summed E-state index contributed by atoms with van der Waals surface area (Å²) in [4.78, 5) is 28.0. The van der Waals surface area contributed by atoms with Crippen molar-refractivity contribution in [3.05, 3.63) is 22.8 Å². The van der Waals surface area contributed by atoms with Crippen LogP contribution in [0.1, 0.15) is 30.1 Å². The van der Waals surface area contributed by atoms with Gasteiger partial charge in [-0.3, -0.25) is 9.69 Å². The second-order valence-electron chi connectivity index (χ2n) is 3.95. The zero-order valence-electron chi connectivity index (χ0n) is 9.18. The molecular formula is C11H11ClN2O3. The molecule has 0 radical (unpaired) electrons. The van der Waals surface area contributed by atoms with E-state index in [2.05, 4.69) is 4.98 Å². The third-order valence-electron chi connectivity index (χ3n) is 2.57. The lowest BCUT2D eigenvalue weighted by atomic mass is 10.2. The minimum Gasteiger partial charge on any atom is -0.478 e. The Morgan fingerprint density at radius 1 is 1.53 bits per heavy atom. The maximum absolute atomic E-state index is 11.5. The maximum atomic E-state index is 11.5. The lowest BCUT2D eigenvalue weighted by molar-refractivity contribution is -0.116. The Hall–Kier alpha value is -1.62. The van der Waals surface area contributed by atoms with Crippen LogP contribution in [0.5, 0.6) is 0 Å². The van der Waals surface area contributed by atoms with Crippen molar-refractivity contribution in [2.45, 2.75) is 25.8 Å². The largest absolute Gasteiger partial charge is 0.478 e. The van der Waals surface area contributed by atoms with Crippen LogP contribution in [0.15, 0.2) is 12.3 Å². The maximum Gasteiger partial charge on any atom is 0.337 e. The minimum absolute atomic E-state index is 0.0384. The number of amides is 1. The Kier molecular flexibility index (Phi) is 3.02. The van der Waals surface area contributed by atoms with E-state index in [1.807, 2.05) is 0 Å². The van der Waals surface area contributed by atoms with Crippen molar-refractivity contribution in [2.24, 2.45) is 0 Å². The van der Waals surface area contributed by atoms with Crippen molar-refractivity contribution in [3.8, 4) is 0 Å². The molecule has 1 saturated carbocycles. The van der Waals surface area contributed by atoms with Gasteiger partial charge in [-0.2, -0.15) is 0 Å². The van der Waals surface area contributed by atoms with E-state index in [9.17, 15) is 9.59 Å². The summed E-state index contributed by atoms with van der Waals surface area (Å²) >= 11 is 5.72. The molecule has 0 atom stereocenters. The summed E-state index contributed by atoms with van der Waals surface area (Å²) in [5, 5.41) is 9.02. The van der Waals surface area contributed by atoms with Crippen molar-refractivity contribution < 1.29 is 14.7 Å². The van der Waals surface area contributed by atoms with Crippen molar-refractivity contribution in [3.63, 3.8) is 0 Å². The molecule has 17 heavy (non-hydrogen) atoms. The van der Waals surface area contributed by atoms with E-state index in [0.717, 1.165) is 12.8 Å². The number of carboxylic acid groups (broad SMARTS) is 1. The number of anilines is 1. The van der Waals surface area contributed by atoms with Gasteiger partial charge in [-0.15, -0.1) is 0 Å². The Balaban J connectivity index is 2.40. The van der Waals surface area contributed by atoms with Gasteiger partial charge in [-0.25, -0.2) is 9.78 Å². The van der Waals surface area contributed by atoms with Gasteiger partial charge in [0.15, 0.2) is 0 Å². The molecule has 0 saturated heterocycles. The highest BCUT2D eigenvalue weighted by molar-refractivity contribution is 6.33. The van der Waals surface area contributed by atoms with Crippen LogP contribution in [-0.2, 0) is 4.79 Å². The van der Waals surface area contributed by atoms with Crippen LogP contribution < -0.4 is 4.90 Å². The molecule has 2 rings (SSSR count). The third kappa shape index (κ3) is 2.39. The standard InChI is InChI=1S/C11H11ClN2O3/c1-6(15)14(7-2-3-7)10-4-8(11(16)17)9(12)5-13-10/h4-5,7H,2-3H2,1H3,(H,16,17). The predicted octanol–water partition coefficient (Wildman–Crippen LogP) is 1.95. The Morgan fingerprint density at radius 2 is 2.18 bits per heavy atom. The molecule has 1 N–H and O–H groups in total. The molecule has 1 amide bonds. The average molecular weight is 255 g/mol. The predicted molar refractivity (Wildman–Crippen MR) is 62.4 cm³/mol. The molecule has 5 nitrogen and oxygen atoms in total. The fourth-order valence-electron chi connectivity index (χ4n) is 1.66. The average Bonchev–Trinajstić information content (AvgIpc) is 3.04. The number of aromatic carboxylic acids is 1. The van der Waals surface area contributed by atoms with Crippen molar-refractivity contribution in [2.75, 3.05) is 4.90 Å². The number of carbonyl (C=O) groups excluding carboxylic acids is 1. The van der Waals surface area contributed by atoms with Crippen molar-refractivity contribution >= 4 is 29.3 Å². The molecule has 0 bridgehead atoms. The van der Waals surface area contributed by atoms with Crippen LogP contribution in [-0.4, -0.2) is 28.0 Å². The summed E-state index contributed by atoms with van der Waals surface area (Å²) in [5.41, 5.74) is -0.0384. The summed E-state index contributed by atoms with van der Waals surface area (Å²) in [5.74, 6) is -0.918. The van der Waals surface area contributed by atoms with Gasteiger partial charge < -0.3 is 5.11 Å². The molecular weight excluding hydrogens is 244 g/mol. The van der Waals surface area contributed by atoms with E-state index in [-0.39, 0.29) is 22.5 Å². The van der Waals surface area contributed by atoms with Gasteiger partial charge in [0.1, 0.15) is 5.82 Å². The first-order valence-corrected chi connectivity index (χ1v) is 5.57. The lowest BCUT2D eigenvalue weighted by Gasteiger charge is -2.19. The van der Waals surface area contributed by atoms with Crippen LogP contribution in [0.2, 0.25) is 5.02 Å². The van der Waals surface area contributed by atoms with Crippen molar-refractivity contribution in [1.82, 2.24) is 4.98 Å². The summed E-state index contributed by atoms with van der Waals surface area (Å²) in [6.07, 6.45) is 3.11. The molecule has 6 heteroatoms. The van der Waals surface area contributed by atoms with Gasteiger partial charge in [0.2, 0.25) is 5.91 Å². The van der Waals surface area contributed by atoms with E-state index in [0.29, 0.717) is 5.82 Å². The highest BCUT2D eigenvalue weighted by Crippen LogP contribution is 2.32. The summed E-state index contributed by atoms with van der Waals surface area (Å²) in [7, 11) is 0. The van der Waals surface area contributed by atoms with Crippen LogP contribution >= 0.6 is 11.6 Å². The molecule has 0 unspecified atom stereocenters. The molecule has 90 valence electrons. The molecule has 1 heterocycles. The first kappa shape index (κ1) is 11.9. The SMILES string of the molecule is CC(=O)N(c1cc(C(=O)O)c(Cl)cn1)C1CC1. The number of rotatable bonds is 3. The smallest absolute Gasteiger partial charge is 0.337 e. The number of carbonyl (C=O) groups is 2. The summed E-state index contributed by atoms with van der Waals surface area (Å²) < 4.78 is 0. The summed E-state index contributed by atoms with van der Waals surface area (Å²) in [6.45, 7) is 1.44. The highest BCUT2D eigenvalue weighted by atomic mass is 35.5. The zero-order chi connectivity index (χ0) is 12.6. The van der Waals surface area contributed by atoms with Gasteiger partial charge >= 0.3 is 5.97 Å². The number of nitrogens with zero attached hydrogens (tertiary/aromatic N) is 2. The van der Waals surface area contributed by atoms with Crippen LogP contribution in [0.25, 0.3) is 0 Å². The Bertz CT molecular complexity index is 486. The number of hydrogen-bond donors (Lipinski definition) is 1. The van der Waals surface area contributed by atoms with Gasteiger partial charge in [0.25, 0.3) is 0 Å². The first-order chi connectivity index (χ1) is 8.00. The molecule has 1 fully saturated rings. The van der Waals surface area contributed by atoms with Gasteiger partial charge in [-0.1, -0.05) is 11.6 Å². The molecule has 1 aliphatic carbocycles. The Labute approximate surface area is 103 Å². The molecule has 0 aromatic carbocycles. The van der Waals surface area contributed by atoms with Gasteiger partial charge in [-0.05, 0) is 18.9 Å². The molecule has 1 aromatic heterocycles. The second-order valence-corrected chi connectivity index (χ2v) is 4.35. The second kappa shape index (κ2) is 4.33. The van der Waals surface area contributed by atoms with E-state index < -0.39 is 5.97 Å². The number of aromatic nitrogens is 1. The van der Waals surface area contributed by atoms with Crippen LogP contribution in [0, 0.1) is 0 Å². The fraction of sp³-hybridized carbons (Fsp3) is 0.364. The quantitative estimate of drug-likeness (QED) is 0.895. The molecule has 0 spiro atoms. The number of halogens is 1. The zero-order valence-corrected chi connectivity index (χ0v) is 9.94. The van der Waals surface area contributed by atoms with E-state index in [1.54, 1.807) is 0 Å². The van der Waals surface area contributed by atoms with E-state index in [4.69, 9.17) is 16.7 Å². The summed E-state index contributed by atoms with van der Waals surface area (Å²) in [6, 6.07) is 1.48. The van der Waals surface area contributed by atoms with Crippen LogP contribution in [0.4, 0.5) is 5.82 Å². The minimum atomic E-state index is -1.13. The van der Waals surface area contributed by atoms with Crippen molar-refractivity contribution in [1.29, 1.82) is 0 Å². The third-order valence-corrected chi connectivity index (χ3v) is 2.87. The Morgan fingerprint density at radius 3 is 2.65 bits per heavy atom. The lowest BCUT2D eigenvalue weighted by Crippen LogP contribution is -2.31. The highest BCUT2D eigenvalue weighted by Gasteiger charge is 2.33. The normalized spacial score (nSPS) is 14.5. The van der Waals surface area contributed by atoms with Crippen LogP contribution in [0.3, 0.4) is 0 Å². The first-order valence-electron chi connectivity index (χ1n) is 5.19. The topological polar surface area (TPSA) is 70.5 Å². The molecule has 1 aromatic rings.